The van der Waals surface area contributed by atoms with E-state index in [9.17, 15) is 10.1 Å². The van der Waals surface area contributed by atoms with Gasteiger partial charge in [0.15, 0.2) is 5.16 Å². The number of piperazine rings is 1. The number of aromatic nitrogens is 2. The average Bonchev–Trinajstić information content (AvgIpc) is 3.20. The summed E-state index contributed by atoms with van der Waals surface area (Å²) in [5.74, 6) is 0.984. The van der Waals surface area contributed by atoms with Crippen LogP contribution in [0.5, 0.6) is 0 Å². The van der Waals surface area contributed by atoms with Gasteiger partial charge in [0.25, 0.3) is 0 Å². The summed E-state index contributed by atoms with van der Waals surface area (Å²) in [6.07, 6.45) is 7.25. The molecule has 1 spiro atoms. The molecule has 0 bridgehead atoms. The van der Waals surface area contributed by atoms with E-state index in [0.29, 0.717) is 19.6 Å². The first-order chi connectivity index (χ1) is 17.2. The zero-order valence-electron chi connectivity index (χ0n) is 21.7. The highest BCUT2D eigenvalue weighted by Crippen LogP contribution is 2.48. The predicted molar refractivity (Wildman–Crippen MR) is 141 cm³/mol. The largest absolute Gasteiger partial charge is 0.444 e. The molecular formula is C28H35N5O2S. The number of ether oxygens (including phenoxy) is 1. The molecule has 190 valence electrons. The van der Waals surface area contributed by atoms with Crippen molar-refractivity contribution in [2.75, 3.05) is 30.8 Å². The molecule has 7 nitrogen and oxygen atoms in total. The molecule has 1 aromatic carbocycles. The summed E-state index contributed by atoms with van der Waals surface area (Å²) in [6.45, 7) is 7.34. The number of hydrogen-bond acceptors (Lipinski definition) is 7. The molecule has 1 amide bonds. The van der Waals surface area contributed by atoms with Crippen molar-refractivity contribution in [1.29, 1.82) is 5.26 Å². The Morgan fingerprint density at radius 3 is 2.75 bits per heavy atom. The fraction of sp³-hybridized carbons (Fsp3) is 0.571. The number of nitriles is 1. The van der Waals surface area contributed by atoms with Crippen molar-refractivity contribution in [3.05, 3.63) is 46.6 Å². The molecule has 2 aliphatic carbocycles. The van der Waals surface area contributed by atoms with Crippen LogP contribution >= 0.6 is 11.8 Å². The lowest BCUT2D eigenvalue weighted by molar-refractivity contribution is 0.0144. The van der Waals surface area contributed by atoms with E-state index in [0.717, 1.165) is 36.7 Å². The molecule has 1 aromatic heterocycles. The maximum Gasteiger partial charge on any atom is 0.410 e. The molecule has 1 aliphatic heterocycles. The number of fused-ring (bicyclic) bond motifs is 3. The van der Waals surface area contributed by atoms with Gasteiger partial charge in [-0.05, 0) is 70.3 Å². The standard InChI is InChI=1S/C28H35N5O2S/c1-27(2,3)35-26(34)33-16-15-32(18-20(33)11-14-29)24-21-10-13-28(17-23(21)30-25(31-24)36-4)12-9-19-7-5-6-8-22(19)28/h5-8,20H,9-13,15-18H2,1-4H3. The molecule has 1 saturated heterocycles. The minimum absolute atomic E-state index is 0.170. The van der Waals surface area contributed by atoms with Crippen LogP contribution in [0.4, 0.5) is 10.6 Å². The number of nitrogens with zero attached hydrogens (tertiary/aromatic N) is 5. The minimum Gasteiger partial charge on any atom is -0.444 e. The Morgan fingerprint density at radius 1 is 1.22 bits per heavy atom. The number of aryl methyl sites for hydroxylation is 1. The van der Waals surface area contributed by atoms with Gasteiger partial charge in [0, 0.05) is 30.6 Å². The fourth-order valence-corrected chi connectivity index (χ4v) is 6.50. The quantitative estimate of drug-likeness (QED) is 0.433. The van der Waals surface area contributed by atoms with Gasteiger partial charge in [-0.25, -0.2) is 14.8 Å². The number of hydrogen-bond donors (Lipinski definition) is 0. The molecular weight excluding hydrogens is 470 g/mol. The van der Waals surface area contributed by atoms with Gasteiger partial charge in [0.2, 0.25) is 0 Å². The monoisotopic (exact) mass is 505 g/mol. The summed E-state index contributed by atoms with van der Waals surface area (Å²) < 4.78 is 5.63. The van der Waals surface area contributed by atoms with Gasteiger partial charge >= 0.3 is 6.09 Å². The van der Waals surface area contributed by atoms with Crippen LogP contribution in [-0.4, -0.2) is 58.5 Å². The van der Waals surface area contributed by atoms with E-state index in [-0.39, 0.29) is 24.0 Å². The number of benzene rings is 1. The molecule has 0 saturated carbocycles. The number of carbonyl (C=O) groups excluding carboxylic acids is 1. The van der Waals surface area contributed by atoms with Gasteiger partial charge in [-0.1, -0.05) is 36.0 Å². The number of amides is 1. The number of carbonyl (C=O) groups is 1. The fourth-order valence-electron chi connectivity index (χ4n) is 6.12. The summed E-state index contributed by atoms with van der Waals surface area (Å²) in [4.78, 5) is 26.8. The smallest absolute Gasteiger partial charge is 0.410 e. The summed E-state index contributed by atoms with van der Waals surface area (Å²) in [5.41, 5.74) is 4.99. The second-order valence-corrected chi connectivity index (χ2v) is 12.0. The van der Waals surface area contributed by atoms with E-state index < -0.39 is 5.60 Å². The van der Waals surface area contributed by atoms with Crippen LogP contribution < -0.4 is 4.90 Å². The first-order valence-electron chi connectivity index (χ1n) is 12.9. The Balaban J connectivity index is 1.43. The van der Waals surface area contributed by atoms with E-state index in [4.69, 9.17) is 14.7 Å². The van der Waals surface area contributed by atoms with E-state index in [1.165, 1.54) is 28.8 Å². The Bertz CT molecular complexity index is 1200. The zero-order valence-corrected chi connectivity index (χ0v) is 22.5. The molecule has 2 aromatic rings. The Labute approximate surface area is 218 Å². The van der Waals surface area contributed by atoms with Crippen molar-refractivity contribution in [2.24, 2.45) is 0 Å². The molecule has 2 atom stereocenters. The minimum atomic E-state index is -0.570. The van der Waals surface area contributed by atoms with Crippen LogP contribution in [0, 0.1) is 11.3 Å². The molecule has 1 fully saturated rings. The predicted octanol–water partition coefficient (Wildman–Crippen LogP) is 4.91. The Morgan fingerprint density at radius 2 is 2.00 bits per heavy atom. The SMILES string of the molecule is CSc1nc2c(c(N3CCN(C(=O)OC(C)(C)C)C(CC#N)C3)n1)CCC1(CCc3ccccc31)C2. The Hall–Kier alpha value is -2.79. The van der Waals surface area contributed by atoms with E-state index >= 15 is 0 Å². The van der Waals surface area contributed by atoms with Crippen molar-refractivity contribution >= 4 is 23.7 Å². The normalized spacial score (nSPS) is 23.2. The lowest BCUT2D eigenvalue weighted by Gasteiger charge is -2.43. The van der Waals surface area contributed by atoms with Gasteiger partial charge in [-0.3, -0.25) is 0 Å². The second-order valence-electron chi connectivity index (χ2n) is 11.2. The number of thioether (sulfide) groups is 1. The number of rotatable bonds is 3. The third kappa shape index (κ3) is 4.66. The first kappa shape index (κ1) is 24.9. The van der Waals surface area contributed by atoms with E-state index in [1.54, 1.807) is 16.7 Å². The van der Waals surface area contributed by atoms with Crippen LogP contribution in [0.25, 0.3) is 0 Å². The van der Waals surface area contributed by atoms with E-state index in [1.807, 2.05) is 27.0 Å². The van der Waals surface area contributed by atoms with Crippen LogP contribution in [0.3, 0.4) is 0 Å². The van der Waals surface area contributed by atoms with Gasteiger partial charge in [0.05, 0.1) is 24.2 Å². The molecule has 36 heavy (non-hydrogen) atoms. The van der Waals surface area contributed by atoms with Gasteiger partial charge in [-0.15, -0.1) is 0 Å². The van der Waals surface area contributed by atoms with Crippen molar-refractivity contribution in [3.8, 4) is 6.07 Å². The topological polar surface area (TPSA) is 82.4 Å². The maximum atomic E-state index is 12.9. The van der Waals surface area contributed by atoms with Gasteiger partial charge in [0.1, 0.15) is 11.4 Å². The second kappa shape index (κ2) is 9.59. The summed E-state index contributed by atoms with van der Waals surface area (Å²) in [6, 6.07) is 10.9. The third-order valence-corrected chi connectivity index (χ3v) is 8.34. The van der Waals surface area contributed by atoms with Gasteiger partial charge < -0.3 is 14.5 Å². The average molecular weight is 506 g/mol. The molecule has 5 rings (SSSR count). The summed E-state index contributed by atoms with van der Waals surface area (Å²) >= 11 is 1.57. The summed E-state index contributed by atoms with van der Waals surface area (Å²) in [7, 11) is 0. The highest BCUT2D eigenvalue weighted by molar-refractivity contribution is 7.98. The molecule has 0 N–H and O–H groups in total. The van der Waals surface area contributed by atoms with Crippen molar-refractivity contribution in [2.45, 2.75) is 81.5 Å². The molecule has 0 radical (unpaired) electrons. The van der Waals surface area contributed by atoms with Crippen molar-refractivity contribution < 1.29 is 9.53 Å². The highest BCUT2D eigenvalue weighted by atomic mass is 32.2. The summed E-state index contributed by atoms with van der Waals surface area (Å²) in [5, 5.41) is 10.3. The lowest BCUT2D eigenvalue weighted by atomic mass is 9.69. The highest BCUT2D eigenvalue weighted by Gasteiger charge is 2.43. The molecule has 2 unspecified atom stereocenters. The molecule has 3 aliphatic rings. The number of anilines is 1. The van der Waals surface area contributed by atoms with Crippen LogP contribution in [0.15, 0.2) is 29.4 Å². The first-order valence-corrected chi connectivity index (χ1v) is 14.1. The van der Waals surface area contributed by atoms with Crippen LogP contribution in [0.2, 0.25) is 0 Å². The van der Waals surface area contributed by atoms with Crippen LogP contribution in [-0.2, 0) is 29.4 Å². The van der Waals surface area contributed by atoms with Crippen molar-refractivity contribution in [3.63, 3.8) is 0 Å². The van der Waals surface area contributed by atoms with Gasteiger partial charge in [-0.2, -0.15) is 5.26 Å². The zero-order chi connectivity index (χ0) is 25.5. The lowest BCUT2D eigenvalue weighted by Crippen LogP contribution is -2.56. The third-order valence-electron chi connectivity index (χ3n) is 7.79. The Kier molecular flexibility index (Phi) is 6.63. The van der Waals surface area contributed by atoms with Crippen molar-refractivity contribution in [1.82, 2.24) is 14.9 Å². The molecule has 8 heteroatoms. The van der Waals surface area contributed by atoms with E-state index in [2.05, 4.69) is 35.2 Å². The van der Waals surface area contributed by atoms with Crippen LogP contribution in [0.1, 0.15) is 62.4 Å². The maximum absolute atomic E-state index is 12.9. The molecule has 2 heterocycles.